The van der Waals surface area contributed by atoms with Gasteiger partial charge in [-0.3, -0.25) is 10.1 Å². The van der Waals surface area contributed by atoms with Gasteiger partial charge in [-0.05, 0) is 36.5 Å². The van der Waals surface area contributed by atoms with E-state index >= 15 is 0 Å². The van der Waals surface area contributed by atoms with Crippen LogP contribution < -0.4 is 0 Å². The molecule has 0 aliphatic heterocycles. The Hall–Kier alpha value is -3.39. The van der Waals surface area contributed by atoms with Gasteiger partial charge >= 0.3 is 0 Å². The standard InChI is InChI=1S/C21H21N7S/c1-21(2,3)19-24-25-20(29)28(19)23-13-16-14-27(17-9-5-4-6-10-17)26-18(16)15-8-7-11-22-12-15/h4-14H,1-3H3,(H,25,29)/b23-13-. The van der Waals surface area contributed by atoms with Crippen LogP contribution in [-0.2, 0) is 5.41 Å². The maximum atomic E-state index is 5.37. The minimum atomic E-state index is -0.203. The molecule has 0 aliphatic carbocycles. The van der Waals surface area contributed by atoms with Gasteiger partial charge in [-0.2, -0.15) is 20.0 Å². The van der Waals surface area contributed by atoms with E-state index in [9.17, 15) is 0 Å². The summed E-state index contributed by atoms with van der Waals surface area (Å²) in [6.45, 7) is 6.20. The van der Waals surface area contributed by atoms with E-state index in [1.54, 1.807) is 23.3 Å². The fourth-order valence-corrected chi connectivity index (χ4v) is 3.11. The van der Waals surface area contributed by atoms with Crippen LogP contribution in [-0.4, -0.2) is 35.9 Å². The highest BCUT2D eigenvalue weighted by atomic mass is 32.1. The Morgan fingerprint density at radius 3 is 2.59 bits per heavy atom. The number of nitrogens with one attached hydrogen (secondary N) is 1. The Morgan fingerprint density at radius 1 is 1.10 bits per heavy atom. The molecule has 4 rings (SSSR count). The van der Waals surface area contributed by atoms with Crippen molar-refractivity contribution < 1.29 is 0 Å². The number of aromatic nitrogens is 6. The van der Waals surface area contributed by atoms with Crippen molar-refractivity contribution in [1.82, 2.24) is 29.6 Å². The lowest BCUT2D eigenvalue weighted by atomic mass is 9.96. The van der Waals surface area contributed by atoms with E-state index in [1.807, 2.05) is 53.3 Å². The van der Waals surface area contributed by atoms with Crippen LogP contribution in [0.4, 0.5) is 0 Å². The van der Waals surface area contributed by atoms with Crippen molar-refractivity contribution in [1.29, 1.82) is 0 Å². The molecule has 7 nitrogen and oxygen atoms in total. The fourth-order valence-electron chi connectivity index (χ4n) is 2.93. The molecular formula is C21H21N7S. The van der Waals surface area contributed by atoms with Crippen molar-refractivity contribution in [3.8, 4) is 16.9 Å². The molecule has 4 aromatic rings. The smallest absolute Gasteiger partial charge is 0.216 e. The second-order valence-electron chi connectivity index (χ2n) is 7.61. The van der Waals surface area contributed by atoms with Crippen molar-refractivity contribution in [2.24, 2.45) is 5.10 Å². The third-order valence-electron chi connectivity index (χ3n) is 4.33. The predicted molar refractivity (Wildman–Crippen MR) is 116 cm³/mol. The zero-order valence-electron chi connectivity index (χ0n) is 16.4. The number of H-pyrrole nitrogens is 1. The molecule has 0 atom stereocenters. The molecule has 0 bridgehead atoms. The summed E-state index contributed by atoms with van der Waals surface area (Å²) in [5, 5.41) is 16.5. The van der Waals surface area contributed by atoms with Gasteiger partial charge in [0.25, 0.3) is 0 Å². The third-order valence-corrected chi connectivity index (χ3v) is 4.60. The zero-order valence-corrected chi connectivity index (χ0v) is 17.3. The fraction of sp³-hybridized carbons (Fsp3) is 0.190. The van der Waals surface area contributed by atoms with Crippen LogP contribution in [0.3, 0.4) is 0 Å². The minimum absolute atomic E-state index is 0.203. The Kier molecular flexibility index (Phi) is 4.94. The molecule has 0 fully saturated rings. The van der Waals surface area contributed by atoms with Crippen LogP contribution in [0.15, 0.2) is 66.2 Å². The molecule has 29 heavy (non-hydrogen) atoms. The molecule has 8 heteroatoms. The number of nitrogens with zero attached hydrogens (tertiary/aromatic N) is 6. The van der Waals surface area contributed by atoms with Gasteiger partial charge in [0.1, 0.15) is 5.69 Å². The monoisotopic (exact) mass is 403 g/mol. The second-order valence-corrected chi connectivity index (χ2v) is 8.00. The second kappa shape index (κ2) is 7.56. The molecule has 0 saturated heterocycles. The van der Waals surface area contributed by atoms with Crippen LogP contribution in [0.2, 0.25) is 0 Å². The van der Waals surface area contributed by atoms with E-state index in [0.29, 0.717) is 4.77 Å². The minimum Gasteiger partial charge on any atom is -0.264 e. The van der Waals surface area contributed by atoms with Gasteiger partial charge in [0, 0.05) is 35.1 Å². The third kappa shape index (κ3) is 3.93. The highest BCUT2D eigenvalue weighted by Crippen LogP contribution is 2.23. The molecule has 3 heterocycles. The first-order chi connectivity index (χ1) is 13.9. The van der Waals surface area contributed by atoms with Crippen molar-refractivity contribution in [3.05, 3.63) is 77.2 Å². The first-order valence-electron chi connectivity index (χ1n) is 9.21. The van der Waals surface area contributed by atoms with Crippen LogP contribution in [0.1, 0.15) is 32.2 Å². The first-order valence-corrected chi connectivity index (χ1v) is 9.62. The SMILES string of the molecule is CC(C)(C)c1n[nH]c(=S)n1/N=C\c1cn(-c2ccccc2)nc1-c1cccnc1. The molecule has 1 aromatic carbocycles. The number of hydrogen-bond acceptors (Lipinski definition) is 5. The van der Waals surface area contributed by atoms with Crippen LogP contribution in [0.25, 0.3) is 16.9 Å². The van der Waals surface area contributed by atoms with Gasteiger partial charge in [0.15, 0.2) is 5.82 Å². The number of hydrogen-bond donors (Lipinski definition) is 1. The summed E-state index contributed by atoms with van der Waals surface area (Å²) >= 11 is 5.37. The normalized spacial score (nSPS) is 12.0. The topological polar surface area (TPSA) is 76.7 Å². The molecule has 0 amide bonds. The van der Waals surface area contributed by atoms with E-state index in [-0.39, 0.29) is 5.41 Å². The van der Waals surface area contributed by atoms with E-state index in [0.717, 1.165) is 28.3 Å². The lowest BCUT2D eigenvalue weighted by molar-refractivity contribution is 0.516. The maximum absolute atomic E-state index is 5.37. The van der Waals surface area contributed by atoms with Crippen LogP contribution in [0, 0.1) is 4.77 Å². The Balaban J connectivity index is 1.82. The quantitative estimate of drug-likeness (QED) is 0.405. The Morgan fingerprint density at radius 2 is 1.90 bits per heavy atom. The molecule has 0 radical (unpaired) electrons. The van der Waals surface area contributed by atoms with Gasteiger partial charge in [-0.25, -0.2) is 4.68 Å². The molecule has 0 aliphatic rings. The van der Waals surface area contributed by atoms with Crippen LogP contribution in [0.5, 0.6) is 0 Å². The van der Waals surface area contributed by atoms with Crippen molar-refractivity contribution >= 4 is 18.4 Å². The lowest BCUT2D eigenvalue weighted by Gasteiger charge is -2.15. The molecule has 0 unspecified atom stereocenters. The summed E-state index contributed by atoms with van der Waals surface area (Å²) in [5.74, 6) is 0.761. The Bertz CT molecular complexity index is 1200. The average Bonchev–Trinajstić information content (AvgIpc) is 3.31. The number of benzene rings is 1. The van der Waals surface area contributed by atoms with E-state index in [2.05, 4.69) is 41.1 Å². The average molecular weight is 404 g/mol. The number of aromatic amines is 1. The Labute approximate surface area is 173 Å². The highest BCUT2D eigenvalue weighted by molar-refractivity contribution is 7.71. The zero-order chi connectivity index (χ0) is 20.4. The van der Waals surface area contributed by atoms with Gasteiger partial charge in [-0.15, -0.1) is 0 Å². The first kappa shape index (κ1) is 18.9. The summed E-state index contributed by atoms with van der Waals surface area (Å²) in [6.07, 6.45) is 7.24. The van der Waals surface area contributed by atoms with Crippen LogP contribution >= 0.6 is 12.2 Å². The summed E-state index contributed by atoms with van der Waals surface area (Å²) < 4.78 is 3.94. The van der Waals surface area contributed by atoms with Gasteiger partial charge in [0.2, 0.25) is 4.77 Å². The van der Waals surface area contributed by atoms with E-state index in [1.165, 1.54) is 0 Å². The molecular weight excluding hydrogens is 382 g/mol. The van der Waals surface area contributed by atoms with E-state index in [4.69, 9.17) is 17.3 Å². The largest absolute Gasteiger partial charge is 0.264 e. The molecule has 3 aromatic heterocycles. The van der Waals surface area contributed by atoms with Crippen molar-refractivity contribution in [3.63, 3.8) is 0 Å². The summed E-state index contributed by atoms with van der Waals surface area (Å²) in [7, 11) is 0. The summed E-state index contributed by atoms with van der Waals surface area (Å²) in [5.41, 5.74) is 3.32. The molecule has 146 valence electrons. The predicted octanol–water partition coefficient (Wildman–Crippen LogP) is 4.37. The van der Waals surface area contributed by atoms with Gasteiger partial charge < -0.3 is 0 Å². The van der Waals surface area contributed by atoms with Crippen molar-refractivity contribution in [2.45, 2.75) is 26.2 Å². The number of rotatable bonds is 4. The van der Waals surface area contributed by atoms with E-state index < -0.39 is 0 Å². The molecule has 1 N–H and O–H groups in total. The summed E-state index contributed by atoms with van der Waals surface area (Å²) in [6, 6.07) is 13.8. The molecule has 0 saturated carbocycles. The summed E-state index contributed by atoms with van der Waals surface area (Å²) in [4.78, 5) is 4.22. The van der Waals surface area contributed by atoms with Gasteiger partial charge in [-0.1, -0.05) is 39.0 Å². The number of para-hydroxylation sites is 1. The molecule has 0 spiro atoms. The maximum Gasteiger partial charge on any atom is 0.216 e. The highest BCUT2D eigenvalue weighted by Gasteiger charge is 2.21. The van der Waals surface area contributed by atoms with Crippen molar-refractivity contribution in [2.75, 3.05) is 0 Å². The lowest BCUT2D eigenvalue weighted by Crippen LogP contribution is -2.17. The number of pyridine rings is 1. The van der Waals surface area contributed by atoms with Gasteiger partial charge in [0.05, 0.1) is 11.9 Å².